The van der Waals surface area contributed by atoms with Gasteiger partial charge in [-0.05, 0) is 46.6 Å². The summed E-state index contributed by atoms with van der Waals surface area (Å²) in [6.45, 7) is 0.707. The first kappa shape index (κ1) is 22.8. The maximum atomic E-state index is 12.9. The summed E-state index contributed by atoms with van der Waals surface area (Å²) in [5, 5.41) is 12.1. The molecule has 2 aromatic rings. The van der Waals surface area contributed by atoms with E-state index in [1.165, 1.54) is 11.1 Å². The van der Waals surface area contributed by atoms with Crippen molar-refractivity contribution in [3.05, 3.63) is 59.7 Å². The van der Waals surface area contributed by atoms with Crippen molar-refractivity contribution in [2.24, 2.45) is 5.92 Å². The fourth-order valence-electron chi connectivity index (χ4n) is 5.20. The third-order valence-corrected chi connectivity index (χ3v) is 8.22. The summed E-state index contributed by atoms with van der Waals surface area (Å²) in [5.41, 5.74) is 4.00. The number of carboxylic acids is 1. The molecular weight excluding hydrogens is 452 g/mol. The van der Waals surface area contributed by atoms with Crippen LogP contribution in [0, 0.1) is 5.92 Å². The lowest BCUT2D eigenvalue weighted by Crippen LogP contribution is -2.58. The first-order valence-electron chi connectivity index (χ1n) is 11.7. The van der Waals surface area contributed by atoms with Crippen LogP contribution in [0.15, 0.2) is 48.5 Å². The van der Waals surface area contributed by atoms with Crippen molar-refractivity contribution >= 4 is 29.7 Å². The number of ether oxygens (including phenoxy) is 1. The van der Waals surface area contributed by atoms with E-state index in [2.05, 4.69) is 29.6 Å². The van der Waals surface area contributed by atoms with Gasteiger partial charge in [-0.1, -0.05) is 48.5 Å². The fraction of sp³-hybridized carbons (Fsp3) is 0.423. The predicted octanol–water partition coefficient (Wildman–Crippen LogP) is 3.72. The van der Waals surface area contributed by atoms with E-state index in [4.69, 9.17) is 9.84 Å². The van der Waals surface area contributed by atoms with Gasteiger partial charge in [0.1, 0.15) is 6.61 Å². The van der Waals surface area contributed by atoms with E-state index in [9.17, 15) is 14.4 Å². The number of fused-ring (bicyclic) bond motifs is 3. The number of nitrogens with zero attached hydrogens (tertiary/aromatic N) is 1. The molecule has 0 spiro atoms. The van der Waals surface area contributed by atoms with E-state index in [0.29, 0.717) is 12.8 Å². The summed E-state index contributed by atoms with van der Waals surface area (Å²) in [4.78, 5) is 38.4. The van der Waals surface area contributed by atoms with Gasteiger partial charge < -0.3 is 20.1 Å². The summed E-state index contributed by atoms with van der Waals surface area (Å²) in [6.07, 6.45) is 1.03. The van der Waals surface area contributed by atoms with E-state index in [-0.39, 0.29) is 37.9 Å². The van der Waals surface area contributed by atoms with Crippen molar-refractivity contribution in [1.82, 2.24) is 10.2 Å². The quantitative estimate of drug-likeness (QED) is 0.654. The summed E-state index contributed by atoms with van der Waals surface area (Å²) in [5.74, 6) is 0.222. The molecule has 2 aliphatic heterocycles. The lowest BCUT2D eigenvalue weighted by atomic mass is 9.87. The standard InChI is InChI=1S/C26H28N2O5S/c29-23(28-14-17(15-28)24(30)31)13-26(9-11-34-12-10-26)27-25(32)33-16-22-20-7-3-1-5-18(20)19-6-2-4-8-21(19)22/h1-8,17,22H,9-16H2,(H,27,32)(H,30,31). The molecule has 2 heterocycles. The Bertz CT molecular complexity index is 1060. The van der Waals surface area contributed by atoms with Crippen LogP contribution in [-0.4, -0.2) is 64.7 Å². The van der Waals surface area contributed by atoms with Crippen LogP contribution in [0.3, 0.4) is 0 Å². The van der Waals surface area contributed by atoms with Crippen LogP contribution in [0.4, 0.5) is 4.79 Å². The molecule has 0 aromatic heterocycles. The summed E-state index contributed by atoms with van der Waals surface area (Å²) < 4.78 is 5.74. The highest BCUT2D eigenvalue weighted by Gasteiger charge is 2.42. The number of aliphatic carboxylic acids is 1. The van der Waals surface area contributed by atoms with Gasteiger partial charge in [0.05, 0.1) is 17.9 Å². The van der Waals surface area contributed by atoms with Gasteiger partial charge in [0.25, 0.3) is 0 Å². The van der Waals surface area contributed by atoms with E-state index in [1.807, 2.05) is 36.0 Å². The number of benzene rings is 2. The van der Waals surface area contributed by atoms with Crippen molar-refractivity contribution in [3.63, 3.8) is 0 Å². The Labute approximate surface area is 202 Å². The zero-order valence-corrected chi connectivity index (χ0v) is 19.7. The third-order valence-electron chi connectivity index (χ3n) is 7.23. The van der Waals surface area contributed by atoms with Gasteiger partial charge in [-0.25, -0.2) is 4.79 Å². The van der Waals surface area contributed by atoms with Gasteiger partial charge in [0.2, 0.25) is 5.91 Å². The van der Waals surface area contributed by atoms with Crippen LogP contribution < -0.4 is 5.32 Å². The lowest BCUT2D eigenvalue weighted by molar-refractivity contribution is -0.153. The molecular formula is C26H28N2O5S. The van der Waals surface area contributed by atoms with Gasteiger partial charge in [-0.2, -0.15) is 11.8 Å². The molecule has 34 heavy (non-hydrogen) atoms. The number of rotatable bonds is 6. The van der Waals surface area contributed by atoms with Gasteiger partial charge >= 0.3 is 12.1 Å². The molecule has 0 saturated carbocycles. The van der Waals surface area contributed by atoms with Crippen LogP contribution in [0.5, 0.6) is 0 Å². The summed E-state index contributed by atoms with van der Waals surface area (Å²) >= 11 is 1.81. The zero-order valence-electron chi connectivity index (χ0n) is 18.9. The van der Waals surface area contributed by atoms with E-state index >= 15 is 0 Å². The molecule has 0 atom stereocenters. The number of alkyl carbamates (subject to hydrolysis) is 1. The van der Waals surface area contributed by atoms with Crippen molar-refractivity contribution in [1.29, 1.82) is 0 Å². The van der Waals surface area contributed by atoms with Crippen molar-refractivity contribution in [2.45, 2.75) is 30.7 Å². The molecule has 0 unspecified atom stereocenters. The minimum atomic E-state index is -0.871. The Balaban J connectivity index is 1.23. The minimum absolute atomic E-state index is 0.0216. The zero-order chi connectivity index (χ0) is 23.7. The molecule has 5 rings (SSSR count). The monoisotopic (exact) mass is 480 g/mol. The molecule has 2 aromatic carbocycles. The van der Waals surface area contributed by atoms with E-state index in [1.54, 1.807) is 4.90 Å². The Morgan fingerprint density at radius 3 is 2.18 bits per heavy atom. The first-order chi connectivity index (χ1) is 16.5. The summed E-state index contributed by atoms with van der Waals surface area (Å²) in [7, 11) is 0. The topological polar surface area (TPSA) is 95.9 Å². The van der Waals surface area contributed by atoms with Crippen LogP contribution >= 0.6 is 11.8 Å². The Morgan fingerprint density at radius 1 is 1.00 bits per heavy atom. The molecule has 0 bridgehead atoms. The molecule has 8 heteroatoms. The van der Waals surface area contributed by atoms with Gasteiger partial charge in [0.15, 0.2) is 0 Å². The highest BCUT2D eigenvalue weighted by atomic mass is 32.2. The largest absolute Gasteiger partial charge is 0.481 e. The second-order valence-corrected chi connectivity index (χ2v) is 10.6. The number of carbonyl (C=O) groups excluding carboxylic acids is 2. The second kappa shape index (κ2) is 9.33. The van der Waals surface area contributed by atoms with Gasteiger partial charge in [-0.3, -0.25) is 9.59 Å². The van der Waals surface area contributed by atoms with Crippen LogP contribution in [0.25, 0.3) is 11.1 Å². The fourth-order valence-corrected chi connectivity index (χ4v) is 6.47. The number of hydrogen-bond donors (Lipinski definition) is 2. The Morgan fingerprint density at radius 2 is 1.59 bits per heavy atom. The maximum Gasteiger partial charge on any atom is 0.407 e. The smallest absolute Gasteiger partial charge is 0.407 e. The molecule has 178 valence electrons. The second-order valence-electron chi connectivity index (χ2n) is 9.35. The van der Waals surface area contributed by atoms with Crippen LogP contribution in [0.2, 0.25) is 0 Å². The van der Waals surface area contributed by atoms with Gasteiger partial charge in [0, 0.05) is 19.0 Å². The van der Waals surface area contributed by atoms with Crippen LogP contribution in [-0.2, 0) is 14.3 Å². The van der Waals surface area contributed by atoms with E-state index < -0.39 is 23.5 Å². The van der Waals surface area contributed by atoms with Crippen molar-refractivity contribution in [3.8, 4) is 11.1 Å². The van der Waals surface area contributed by atoms with Crippen molar-refractivity contribution in [2.75, 3.05) is 31.2 Å². The molecule has 3 aliphatic rings. The molecule has 2 amide bonds. The highest BCUT2D eigenvalue weighted by molar-refractivity contribution is 7.99. The van der Waals surface area contributed by atoms with Gasteiger partial charge in [-0.15, -0.1) is 0 Å². The SMILES string of the molecule is O=C(NC1(CC(=O)N2CC(C(=O)O)C2)CCSCC1)OCC1c2ccccc2-c2ccccc21. The van der Waals surface area contributed by atoms with Crippen LogP contribution in [0.1, 0.15) is 36.3 Å². The number of nitrogens with one attached hydrogen (secondary N) is 1. The minimum Gasteiger partial charge on any atom is -0.481 e. The molecule has 2 N–H and O–H groups in total. The number of likely N-dealkylation sites (tertiary alicyclic amines) is 1. The molecule has 0 radical (unpaired) electrons. The lowest BCUT2D eigenvalue weighted by Gasteiger charge is -2.42. The van der Waals surface area contributed by atoms with E-state index in [0.717, 1.165) is 22.6 Å². The number of amides is 2. The predicted molar refractivity (Wildman–Crippen MR) is 130 cm³/mol. The molecule has 2 saturated heterocycles. The average molecular weight is 481 g/mol. The van der Waals surface area contributed by atoms with Crippen molar-refractivity contribution < 1.29 is 24.2 Å². The molecule has 7 nitrogen and oxygen atoms in total. The molecule has 1 aliphatic carbocycles. The normalized spacial score (nSPS) is 19.0. The third kappa shape index (κ3) is 4.39. The Kier molecular flexibility index (Phi) is 6.25. The number of thioether (sulfide) groups is 1. The summed E-state index contributed by atoms with van der Waals surface area (Å²) in [6, 6.07) is 16.4. The maximum absolute atomic E-state index is 12.9. The average Bonchev–Trinajstić information content (AvgIpc) is 3.10. The molecule has 2 fully saturated rings. The number of hydrogen-bond acceptors (Lipinski definition) is 5. The highest BCUT2D eigenvalue weighted by Crippen LogP contribution is 2.44. The number of carbonyl (C=O) groups is 3. The number of carboxylic acid groups (broad SMARTS) is 1. The Hall–Kier alpha value is -3.00. The first-order valence-corrected chi connectivity index (χ1v) is 12.8.